The molecule has 0 saturated heterocycles. The minimum absolute atomic E-state index is 0. The first-order valence-electron chi connectivity index (χ1n) is 18.9. The molecule has 1 N–H and O–H groups in total. The summed E-state index contributed by atoms with van der Waals surface area (Å²) in [7, 11) is 0. The second-order valence-corrected chi connectivity index (χ2v) is 19.2. The van der Waals surface area contributed by atoms with Gasteiger partial charge in [-0.1, -0.05) is 132 Å². The second kappa shape index (κ2) is 17.6. The number of aliphatic hydroxyl groups excluding tert-OH is 1. The van der Waals surface area contributed by atoms with Crippen molar-refractivity contribution >= 4 is 48.2 Å². The summed E-state index contributed by atoms with van der Waals surface area (Å²) in [6.07, 6.45) is 4.15. The number of nitrogens with zero attached hydrogens (tertiary/aromatic N) is 2. The van der Waals surface area contributed by atoms with Crippen LogP contribution in [0.15, 0.2) is 60.6 Å². The van der Waals surface area contributed by atoms with E-state index < -0.39 is 0 Å². The van der Waals surface area contributed by atoms with Crippen LogP contribution in [0.3, 0.4) is 0 Å². The van der Waals surface area contributed by atoms with E-state index in [1.54, 1.807) is 23.7 Å². The van der Waals surface area contributed by atoms with Crippen LogP contribution in [0.25, 0.3) is 42.3 Å². The predicted octanol–water partition coefficient (Wildman–Crippen LogP) is 13.3. The van der Waals surface area contributed by atoms with Gasteiger partial charge in [-0.25, -0.2) is 9.37 Å². The molecule has 7 heteroatoms. The zero-order chi connectivity index (χ0) is 38.9. The van der Waals surface area contributed by atoms with Crippen LogP contribution in [0.4, 0.5) is 4.39 Å². The molecule has 3 aromatic carbocycles. The van der Waals surface area contributed by atoms with Crippen LogP contribution in [0.2, 0.25) is 0 Å². The molecule has 1 radical (unpaired) electrons. The van der Waals surface area contributed by atoms with E-state index in [2.05, 4.69) is 132 Å². The maximum atomic E-state index is 14.1. The fourth-order valence-corrected chi connectivity index (χ4v) is 8.97. The number of fused-ring (bicyclic) bond motifs is 4. The number of allylic oxidation sites excluding steroid dienone is 2. The molecule has 0 saturated carbocycles. The number of ketones is 1. The van der Waals surface area contributed by atoms with Crippen LogP contribution in [0, 0.1) is 52.8 Å². The number of thiophene rings is 1. The molecular weight excluding hydrogens is 856 g/mol. The molecule has 0 aliphatic heterocycles. The van der Waals surface area contributed by atoms with E-state index >= 15 is 0 Å². The quantitative estimate of drug-likeness (QED) is 0.0909. The van der Waals surface area contributed by atoms with Gasteiger partial charge in [0.1, 0.15) is 12.1 Å². The first kappa shape index (κ1) is 44.4. The van der Waals surface area contributed by atoms with Gasteiger partial charge in [0.25, 0.3) is 0 Å². The van der Waals surface area contributed by atoms with E-state index in [4.69, 9.17) is 4.98 Å². The Balaban J connectivity index is 0.000000327. The van der Waals surface area contributed by atoms with Gasteiger partial charge < -0.3 is 5.11 Å². The van der Waals surface area contributed by atoms with E-state index in [0.717, 1.165) is 49.6 Å². The van der Waals surface area contributed by atoms with Gasteiger partial charge in [0.2, 0.25) is 0 Å². The van der Waals surface area contributed by atoms with Crippen molar-refractivity contribution in [3.8, 4) is 11.3 Å². The van der Waals surface area contributed by atoms with Crippen LogP contribution >= 0.6 is 11.3 Å². The molecule has 0 bridgehead atoms. The largest absolute Gasteiger partial charge is 0.512 e. The molecule has 0 amide bonds. The topological polar surface area (TPSA) is 63.1 Å². The summed E-state index contributed by atoms with van der Waals surface area (Å²) < 4.78 is 16.4. The van der Waals surface area contributed by atoms with Crippen molar-refractivity contribution in [2.45, 2.75) is 109 Å². The van der Waals surface area contributed by atoms with Gasteiger partial charge in [-0.05, 0) is 52.6 Å². The summed E-state index contributed by atoms with van der Waals surface area (Å²) in [5.74, 6) is 1.40. The summed E-state index contributed by atoms with van der Waals surface area (Å²) in [4.78, 5) is 21.7. The second-order valence-electron chi connectivity index (χ2n) is 18.1. The van der Waals surface area contributed by atoms with Crippen molar-refractivity contribution < 1.29 is 34.4 Å². The Kier molecular flexibility index (Phi) is 14.8. The average Bonchev–Trinajstić information content (AvgIpc) is 3.36. The number of rotatable bonds is 9. The number of carbonyl (C=O) groups excluding carboxylic acids is 1. The van der Waals surface area contributed by atoms with Crippen LogP contribution in [-0.4, -0.2) is 20.9 Å². The summed E-state index contributed by atoms with van der Waals surface area (Å²) >= 11 is 1.74. The fraction of sp³-hybridized carbons (Fsp3) is 0.500. The van der Waals surface area contributed by atoms with Gasteiger partial charge in [0.15, 0.2) is 5.78 Å². The summed E-state index contributed by atoms with van der Waals surface area (Å²) in [6.45, 7) is 29.9. The summed E-state index contributed by atoms with van der Waals surface area (Å²) in [5.41, 5.74) is 5.30. The van der Waals surface area contributed by atoms with Crippen LogP contribution in [0.5, 0.6) is 0 Å². The molecule has 0 fully saturated rings. The Hall–Kier alpha value is -2.99. The Morgan fingerprint density at radius 2 is 1.43 bits per heavy atom. The number of hydrogen-bond acceptors (Lipinski definition) is 5. The monoisotopic (exact) mass is 916 g/mol. The maximum Gasteiger partial charge on any atom is 0.162 e. The molecule has 5 rings (SSSR count). The molecule has 0 spiro atoms. The number of hydrogen-bond donors (Lipinski definition) is 1. The first-order valence-corrected chi connectivity index (χ1v) is 19.7. The Morgan fingerprint density at radius 1 is 0.830 bits per heavy atom. The molecule has 289 valence electrons. The van der Waals surface area contributed by atoms with E-state index in [1.165, 1.54) is 22.4 Å². The van der Waals surface area contributed by atoms with Crippen molar-refractivity contribution in [2.24, 2.45) is 40.9 Å². The summed E-state index contributed by atoms with van der Waals surface area (Å²) in [5, 5.41) is 13.2. The molecule has 4 nitrogen and oxygen atoms in total. The van der Waals surface area contributed by atoms with Gasteiger partial charge in [-0.3, -0.25) is 9.78 Å². The normalized spacial score (nSPS) is 12.9. The number of benzene rings is 3. The number of carbonyl (C=O) groups is 1. The Labute approximate surface area is 335 Å². The molecule has 2 aromatic heterocycles. The Morgan fingerprint density at radius 3 is 1.98 bits per heavy atom. The van der Waals surface area contributed by atoms with Gasteiger partial charge in [-0.2, -0.15) is 0 Å². The molecule has 0 aliphatic carbocycles. The van der Waals surface area contributed by atoms with Crippen molar-refractivity contribution in [2.75, 3.05) is 0 Å². The van der Waals surface area contributed by atoms with Gasteiger partial charge in [-0.15, -0.1) is 40.5 Å². The molecule has 2 heterocycles. The predicted molar refractivity (Wildman–Crippen MR) is 221 cm³/mol. The number of aromatic nitrogens is 2. The minimum Gasteiger partial charge on any atom is -0.512 e. The van der Waals surface area contributed by atoms with Gasteiger partial charge in [0.05, 0.1) is 11.3 Å². The van der Waals surface area contributed by atoms with E-state index in [9.17, 15) is 14.3 Å². The van der Waals surface area contributed by atoms with Crippen LogP contribution in [-0.2, 0) is 36.7 Å². The third-order valence-corrected chi connectivity index (χ3v) is 10.9. The molecule has 0 unspecified atom stereocenters. The van der Waals surface area contributed by atoms with Crippen LogP contribution < -0.4 is 0 Å². The molecule has 0 atom stereocenters. The minimum atomic E-state index is -0.228. The standard InChI is InChI=1S/C29H28FN2S.C17H32O2.Ir/c1-28(2,3)15-17-7-10-21-24(11-17)33-27-25(31-16-32-26(21)27)19-12-18-8-9-20(30)14-22(18)23(13-19)29(4,5)6;1-10(2)16(11(3)4)14(18)9-15(19)17(12(5)6)13(7)8;/h7-11,13-14,16H,15H2,1-6H3;9-13,16-18H,1-8H3;/q-1;;/b;14-9-;. The van der Waals surface area contributed by atoms with Gasteiger partial charge >= 0.3 is 0 Å². The van der Waals surface area contributed by atoms with E-state index in [0.29, 0.717) is 23.7 Å². The Bertz CT molecular complexity index is 2050. The first-order chi connectivity index (χ1) is 24.1. The summed E-state index contributed by atoms with van der Waals surface area (Å²) in [6, 6.07) is 17.3. The number of halogens is 1. The number of aliphatic hydroxyl groups is 1. The zero-order valence-corrected chi connectivity index (χ0v) is 37.4. The average molecular weight is 916 g/mol. The van der Waals surface area contributed by atoms with Crippen molar-refractivity contribution in [1.82, 2.24) is 9.97 Å². The van der Waals surface area contributed by atoms with Crippen molar-refractivity contribution in [3.63, 3.8) is 0 Å². The SMILES string of the molecule is CC(C)(C)Cc1ccc2c(c1)sc1c(-c3[c-]c4ccc(F)cc4c(C(C)(C)C)c3)ncnc12.CC(C)C(C(=O)/C=C(\O)C(C(C)C)C(C)C)C(C)C.[Ir]. The van der Waals surface area contributed by atoms with E-state index in [1.807, 2.05) is 6.07 Å². The van der Waals surface area contributed by atoms with Crippen molar-refractivity contribution in [1.29, 1.82) is 0 Å². The fourth-order valence-electron chi connectivity index (χ4n) is 7.75. The molecular formula is C46H60FIrN2O2S-. The van der Waals surface area contributed by atoms with Crippen molar-refractivity contribution in [3.05, 3.63) is 83.6 Å². The molecule has 53 heavy (non-hydrogen) atoms. The van der Waals surface area contributed by atoms with E-state index in [-0.39, 0.29) is 60.1 Å². The maximum absolute atomic E-state index is 14.1. The molecule has 0 aliphatic rings. The zero-order valence-electron chi connectivity index (χ0n) is 34.2. The smallest absolute Gasteiger partial charge is 0.162 e. The molecule has 5 aromatic rings. The third-order valence-electron chi connectivity index (χ3n) is 9.78. The van der Waals surface area contributed by atoms with Gasteiger partial charge in [0, 0.05) is 58.5 Å². The third kappa shape index (κ3) is 10.8. The van der Waals surface area contributed by atoms with Crippen LogP contribution in [0.1, 0.15) is 108 Å².